The topological polar surface area (TPSA) is 78.4 Å². The first-order valence-corrected chi connectivity index (χ1v) is 7.86. The smallest absolute Gasteiger partial charge is 0.259 e. The summed E-state index contributed by atoms with van der Waals surface area (Å²) < 4.78 is 0. The highest BCUT2D eigenvalue weighted by molar-refractivity contribution is 6.09. The van der Waals surface area contributed by atoms with Gasteiger partial charge in [-0.15, -0.1) is 0 Å². The first kappa shape index (κ1) is 16.5. The molecule has 0 saturated heterocycles. The SMILES string of the molecule is CC(=O)Nc1cccc(NC(=O)c2cc3ccccc3cc2O)c1C. The van der Waals surface area contributed by atoms with Gasteiger partial charge >= 0.3 is 0 Å². The van der Waals surface area contributed by atoms with Crippen LogP contribution < -0.4 is 10.6 Å². The third-order valence-electron chi connectivity index (χ3n) is 4.00. The lowest BCUT2D eigenvalue weighted by Gasteiger charge is -2.13. The fourth-order valence-electron chi connectivity index (χ4n) is 2.70. The van der Waals surface area contributed by atoms with Gasteiger partial charge in [0.05, 0.1) is 5.56 Å². The summed E-state index contributed by atoms with van der Waals surface area (Å²) in [5.74, 6) is -0.669. The molecule has 0 aliphatic heterocycles. The monoisotopic (exact) mass is 334 g/mol. The minimum absolute atomic E-state index is 0.0770. The normalized spacial score (nSPS) is 10.5. The van der Waals surface area contributed by atoms with Crippen LogP contribution in [0, 0.1) is 6.92 Å². The third kappa shape index (κ3) is 3.45. The second kappa shape index (κ2) is 6.65. The van der Waals surface area contributed by atoms with E-state index >= 15 is 0 Å². The van der Waals surface area contributed by atoms with Gasteiger partial charge in [0.1, 0.15) is 5.75 Å². The second-order valence-corrected chi connectivity index (χ2v) is 5.83. The summed E-state index contributed by atoms with van der Waals surface area (Å²) in [7, 11) is 0. The lowest BCUT2D eigenvalue weighted by Crippen LogP contribution is -2.14. The maximum Gasteiger partial charge on any atom is 0.259 e. The Hall–Kier alpha value is -3.34. The molecule has 3 N–H and O–H groups in total. The molecule has 2 amide bonds. The van der Waals surface area contributed by atoms with E-state index in [-0.39, 0.29) is 17.2 Å². The van der Waals surface area contributed by atoms with Crippen LogP contribution in [0.5, 0.6) is 5.75 Å². The van der Waals surface area contributed by atoms with Gasteiger partial charge in [-0.3, -0.25) is 9.59 Å². The molecule has 0 saturated carbocycles. The van der Waals surface area contributed by atoms with E-state index in [4.69, 9.17) is 0 Å². The van der Waals surface area contributed by atoms with E-state index in [9.17, 15) is 14.7 Å². The molecular formula is C20H18N2O3. The van der Waals surface area contributed by atoms with Gasteiger partial charge in [0.2, 0.25) is 5.91 Å². The summed E-state index contributed by atoms with van der Waals surface area (Å²) >= 11 is 0. The van der Waals surface area contributed by atoms with E-state index in [2.05, 4.69) is 10.6 Å². The molecule has 0 aromatic heterocycles. The molecule has 5 nitrogen and oxygen atoms in total. The number of fused-ring (bicyclic) bond motifs is 1. The van der Waals surface area contributed by atoms with Crippen molar-refractivity contribution in [2.45, 2.75) is 13.8 Å². The third-order valence-corrected chi connectivity index (χ3v) is 4.00. The van der Waals surface area contributed by atoms with Crippen LogP contribution in [-0.4, -0.2) is 16.9 Å². The molecule has 5 heteroatoms. The van der Waals surface area contributed by atoms with Crippen molar-refractivity contribution in [2.24, 2.45) is 0 Å². The molecule has 0 unspecified atom stereocenters. The number of anilines is 2. The number of rotatable bonds is 3. The molecule has 3 aromatic rings. The second-order valence-electron chi connectivity index (χ2n) is 5.83. The Balaban J connectivity index is 1.93. The van der Waals surface area contributed by atoms with Gasteiger partial charge in [-0.05, 0) is 47.5 Å². The Labute approximate surface area is 145 Å². The summed E-state index contributed by atoms with van der Waals surface area (Å²) in [6.45, 7) is 3.24. The molecule has 0 heterocycles. The molecule has 25 heavy (non-hydrogen) atoms. The molecule has 126 valence electrons. The summed E-state index contributed by atoms with van der Waals surface area (Å²) in [4.78, 5) is 23.9. The number of aromatic hydroxyl groups is 1. The summed E-state index contributed by atoms with van der Waals surface area (Å²) in [6.07, 6.45) is 0. The Morgan fingerprint density at radius 1 is 0.880 bits per heavy atom. The van der Waals surface area contributed by atoms with Crippen molar-refractivity contribution in [3.63, 3.8) is 0 Å². The zero-order valence-corrected chi connectivity index (χ0v) is 14.0. The molecule has 3 aromatic carbocycles. The fraction of sp³-hybridized carbons (Fsp3) is 0.100. The number of phenols is 1. The van der Waals surface area contributed by atoms with Crippen LogP contribution in [0.3, 0.4) is 0 Å². The average Bonchev–Trinajstić information content (AvgIpc) is 2.57. The minimum Gasteiger partial charge on any atom is -0.507 e. The van der Waals surface area contributed by atoms with Crippen LogP contribution in [0.1, 0.15) is 22.8 Å². The number of hydrogen-bond acceptors (Lipinski definition) is 3. The van der Waals surface area contributed by atoms with Gasteiger partial charge in [0.25, 0.3) is 5.91 Å². The van der Waals surface area contributed by atoms with Crippen molar-refractivity contribution >= 4 is 34.0 Å². The van der Waals surface area contributed by atoms with E-state index in [1.54, 1.807) is 37.3 Å². The van der Waals surface area contributed by atoms with Crippen LogP contribution >= 0.6 is 0 Å². The first-order valence-electron chi connectivity index (χ1n) is 7.86. The average molecular weight is 334 g/mol. The summed E-state index contributed by atoms with van der Waals surface area (Å²) in [5, 5.41) is 17.4. The molecular weight excluding hydrogens is 316 g/mol. The van der Waals surface area contributed by atoms with E-state index in [0.717, 1.165) is 16.3 Å². The van der Waals surface area contributed by atoms with Crippen molar-refractivity contribution in [1.29, 1.82) is 0 Å². The Morgan fingerprint density at radius 3 is 2.12 bits per heavy atom. The number of carbonyl (C=O) groups excluding carboxylic acids is 2. The number of nitrogens with one attached hydrogen (secondary N) is 2. The fourth-order valence-corrected chi connectivity index (χ4v) is 2.70. The van der Waals surface area contributed by atoms with Gasteiger partial charge in [0.15, 0.2) is 0 Å². The van der Waals surface area contributed by atoms with Gasteiger partial charge < -0.3 is 15.7 Å². The molecule has 0 bridgehead atoms. The standard InChI is InChI=1S/C20H18N2O3/c1-12-17(21-13(2)23)8-5-9-18(12)22-20(25)16-10-14-6-3-4-7-15(14)11-19(16)24/h3-11,24H,1-2H3,(H,21,23)(H,22,25). The van der Waals surface area contributed by atoms with Crippen molar-refractivity contribution in [2.75, 3.05) is 10.6 Å². The summed E-state index contributed by atoms with van der Waals surface area (Å²) in [6, 6.07) is 16.0. The lowest BCUT2D eigenvalue weighted by atomic mass is 10.0. The molecule has 0 radical (unpaired) electrons. The number of amides is 2. The van der Waals surface area contributed by atoms with E-state index in [1.807, 2.05) is 24.3 Å². The Morgan fingerprint density at radius 2 is 1.48 bits per heavy atom. The minimum atomic E-state index is -0.411. The summed E-state index contributed by atoms with van der Waals surface area (Å²) in [5.41, 5.74) is 2.14. The Bertz CT molecular complexity index is 980. The van der Waals surface area contributed by atoms with Crippen molar-refractivity contribution in [3.05, 3.63) is 65.7 Å². The number of benzene rings is 3. The zero-order chi connectivity index (χ0) is 18.0. The molecule has 3 rings (SSSR count). The number of hydrogen-bond donors (Lipinski definition) is 3. The quantitative estimate of drug-likeness (QED) is 0.676. The van der Waals surface area contributed by atoms with Crippen LogP contribution in [0.4, 0.5) is 11.4 Å². The highest BCUT2D eigenvalue weighted by Crippen LogP contribution is 2.28. The van der Waals surface area contributed by atoms with E-state index in [0.29, 0.717) is 11.4 Å². The maximum absolute atomic E-state index is 12.6. The van der Waals surface area contributed by atoms with Gasteiger partial charge in [-0.1, -0.05) is 30.3 Å². The molecule has 0 fully saturated rings. The Kier molecular flexibility index (Phi) is 4.39. The van der Waals surface area contributed by atoms with Gasteiger partial charge in [-0.2, -0.15) is 0 Å². The van der Waals surface area contributed by atoms with Crippen LogP contribution in [0.15, 0.2) is 54.6 Å². The van der Waals surface area contributed by atoms with Crippen LogP contribution in [0.25, 0.3) is 10.8 Å². The first-order chi connectivity index (χ1) is 12.0. The predicted octanol–water partition coefficient (Wildman–Crippen LogP) is 4.06. The molecule has 0 aliphatic rings. The highest BCUT2D eigenvalue weighted by Gasteiger charge is 2.14. The van der Waals surface area contributed by atoms with Crippen LogP contribution in [0.2, 0.25) is 0 Å². The number of phenolic OH excluding ortho intramolecular Hbond substituents is 1. The van der Waals surface area contributed by atoms with Crippen molar-refractivity contribution < 1.29 is 14.7 Å². The van der Waals surface area contributed by atoms with Crippen LogP contribution in [-0.2, 0) is 4.79 Å². The van der Waals surface area contributed by atoms with Gasteiger partial charge in [0, 0.05) is 18.3 Å². The van der Waals surface area contributed by atoms with E-state index in [1.165, 1.54) is 6.92 Å². The molecule has 0 aliphatic carbocycles. The molecule has 0 atom stereocenters. The van der Waals surface area contributed by atoms with Gasteiger partial charge in [-0.25, -0.2) is 0 Å². The highest BCUT2D eigenvalue weighted by atomic mass is 16.3. The predicted molar refractivity (Wildman–Crippen MR) is 99.0 cm³/mol. The molecule has 0 spiro atoms. The van der Waals surface area contributed by atoms with Crippen molar-refractivity contribution in [3.8, 4) is 5.75 Å². The van der Waals surface area contributed by atoms with Crippen molar-refractivity contribution in [1.82, 2.24) is 0 Å². The maximum atomic E-state index is 12.6. The lowest BCUT2D eigenvalue weighted by molar-refractivity contribution is -0.114. The van der Waals surface area contributed by atoms with E-state index < -0.39 is 5.91 Å². The largest absolute Gasteiger partial charge is 0.507 e. The number of carbonyl (C=O) groups is 2. The zero-order valence-electron chi connectivity index (χ0n) is 14.0.